The molecule has 1 spiro atoms. The van der Waals surface area contributed by atoms with E-state index in [1.54, 1.807) is 0 Å². The Labute approximate surface area is 144 Å². The average molecular weight is 348 g/mol. The molecule has 0 aliphatic carbocycles. The molecule has 0 saturated carbocycles. The number of carbonyl (C=O) groups is 2. The van der Waals surface area contributed by atoms with Crippen LogP contribution in [-0.2, 0) is 9.59 Å². The number of aliphatic hydroxyl groups excluding tert-OH is 1. The number of carbonyl (C=O) groups excluding carboxylic acids is 2. The third-order valence-corrected chi connectivity index (χ3v) is 5.01. The number of piperidine rings is 1. The minimum absolute atomic E-state index is 0. The van der Waals surface area contributed by atoms with Gasteiger partial charge in [-0.15, -0.1) is 12.4 Å². The molecule has 0 aromatic carbocycles. The molecular formula is C16H30ClN3O3. The van der Waals surface area contributed by atoms with Gasteiger partial charge in [0.1, 0.15) is 11.6 Å². The molecular weight excluding hydrogens is 318 g/mol. The van der Waals surface area contributed by atoms with E-state index in [1.807, 2.05) is 6.92 Å². The maximum atomic E-state index is 12.8. The standard InChI is InChI=1S/C16H29N3O3.ClH/c1-3-4-5-12-9-17-7-6-16(12)15(22)18-13(14(21)19-16)8-11(2)10-20;/h11-13,17,20H,3-10H2,1-2H3,(H,18,22)(H,19,21);1H/t11?,12?,13-,16?;/m1./s1. The monoisotopic (exact) mass is 347 g/mol. The molecule has 4 atom stereocenters. The van der Waals surface area contributed by atoms with Gasteiger partial charge in [0.05, 0.1) is 0 Å². The van der Waals surface area contributed by atoms with Gasteiger partial charge in [0.15, 0.2) is 0 Å². The highest BCUT2D eigenvalue weighted by Gasteiger charge is 2.52. The van der Waals surface area contributed by atoms with Crippen molar-refractivity contribution in [2.45, 2.75) is 57.5 Å². The zero-order chi connectivity index (χ0) is 16.2. The van der Waals surface area contributed by atoms with Crippen LogP contribution in [0.2, 0.25) is 0 Å². The van der Waals surface area contributed by atoms with Crippen LogP contribution in [0.25, 0.3) is 0 Å². The van der Waals surface area contributed by atoms with Crippen LogP contribution in [0.3, 0.4) is 0 Å². The number of nitrogens with one attached hydrogen (secondary N) is 3. The number of unbranched alkanes of at least 4 members (excludes halogenated alkanes) is 1. The minimum Gasteiger partial charge on any atom is -0.396 e. The Bertz CT molecular complexity index is 421. The summed E-state index contributed by atoms with van der Waals surface area (Å²) in [5.74, 6) is -0.0245. The first-order chi connectivity index (χ1) is 10.5. The molecule has 134 valence electrons. The number of hydrogen-bond acceptors (Lipinski definition) is 4. The van der Waals surface area contributed by atoms with Gasteiger partial charge < -0.3 is 21.1 Å². The first kappa shape index (κ1) is 20.2. The van der Waals surface area contributed by atoms with Gasteiger partial charge in [0.25, 0.3) is 0 Å². The van der Waals surface area contributed by atoms with Crippen molar-refractivity contribution in [3.63, 3.8) is 0 Å². The Morgan fingerprint density at radius 3 is 2.78 bits per heavy atom. The van der Waals surface area contributed by atoms with E-state index in [9.17, 15) is 9.59 Å². The smallest absolute Gasteiger partial charge is 0.246 e. The van der Waals surface area contributed by atoms with Gasteiger partial charge in [0.2, 0.25) is 11.8 Å². The summed E-state index contributed by atoms with van der Waals surface area (Å²) in [4.78, 5) is 25.2. The van der Waals surface area contributed by atoms with Crippen molar-refractivity contribution in [2.24, 2.45) is 11.8 Å². The van der Waals surface area contributed by atoms with Gasteiger partial charge in [0, 0.05) is 19.1 Å². The number of piperazine rings is 1. The SMILES string of the molecule is CCCCC1CNCCC12NC(=O)[C@@H](CC(C)CO)NC2=O.Cl. The number of rotatable bonds is 6. The lowest BCUT2D eigenvalue weighted by atomic mass is 9.73. The van der Waals surface area contributed by atoms with Gasteiger partial charge in [-0.2, -0.15) is 0 Å². The molecule has 2 aliphatic rings. The van der Waals surface area contributed by atoms with Crippen molar-refractivity contribution in [3.8, 4) is 0 Å². The highest BCUT2D eigenvalue weighted by atomic mass is 35.5. The molecule has 7 heteroatoms. The molecule has 3 unspecified atom stereocenters. The largest absolute Gasteiger partial charge is 0.396 e. The number of amides is 2. The molecule has 2 aliphatic heterocycles. The Hall–Kier alpha value is -0.850. The molecule has 0 aromatic rings. The lowest BCUT2D eigenvalue weighted by Crippen LogP contribution is -2.74. The highest BCUT2D eigenvalue weighted by molar-refractivity contribution is 6.00. The summed E-state index contributed by atoms with van der Waals surface area (Å²) in [6, 6.07) is -0.526. The summed E-state index contributed by atoms with van der Waals surface area (Å²) >= 11 is 0. The number of hydrogen-bond donors (Lipinski definition) is 4. The molecule has 4 N–H and O–H groups in total. The zero-order valence-electron chi connectivity index (χ0n) is 14.1. The predicted molar refractivity (Wildman–Crippen MR) is 91.4 cm³/mol. The van der Waals surface area contributed by atoms with Crippen LogP contribution in [0.5, 0.6) is 0 Å². The second kappa shape index (κ2) is 8.85. The number of halogens is 1. The summed E-state index contributed by atoms with van der Waals surface area (Å²) < 4.78 is 0. The molecule has 0 radical (unpaired) electrons. The summed E-state index contributed by atoms with van der Waals surface area (Å²) in [7, 11) is 0. The van der Waals surface area contributed by atoms with E-state index in [2.05, 4.69) is 22.9 Å². The first-order valence-corrected chi connectivity index (χ1v) is 8.48. The van der Waals surface area contributed by atoms with Gasteiger partial charge in [-0.25, -0.2) is 0 Å². The number of aliphatic hydroxyl groups is 1. The lowest BCUT2D eigenvalue weighted by molar-refractivity contribution is -0.146. The third-order valence-electron chi connectivity index (χ3n) is 5.01. The quantitative estimate of drug-likeness (QED) is 0.565. The van der Waals surface area contributed by atoms with E-state index in [0.717, 1.165) is 32.4 Å². The van der Waals surface area contributed by atoms with Crippen LogP contribution in [0, 0.1) is 11.8 Å². The fourth-order valence-corrected chi connectivity index (χ4v) is 3.56. The molecule has 0 aromatic heterocycles. The second-order valence-corrected chi connectivity index (χ2v) is 6.80. The van der Waals surface area contributed by atoms with Gasteiger partial charge in [-0.1, -0.05) is 26.7 Å². The lowest BCUT2D eigenvalue weighted by Gasteiger charge is -2.47. The molecule has 2 rings (SSSR count). The van der Waals surface area contributed by atoms with E-state index in [4.69, 9.17) is 5.11 Å². The van der Waals surface area contributed by atoms with Crippen molar-refractivity contribution in [1.82, 2.24) is 16.0 Å². The molecule has 6 nitrogen and oxygen atoms in total. The van der Waals surface area contributed by atoms with Crippen molar-refractivity contribution in [1.29, 1.82) is 0 Å². The zero-order valence-corrected chi connectivity index (χ0v) is 14.9. The van der Waals surface area contributed by atoms with E-state index in [1.165, 1.54) is 0 Å². The van der Waals surface area contributed by atoms with Crippen molar-refractivity contribution in [2.75, 3.05) is 19.7 Å². The van der Waals surface area contributed by atoms with Gasteiger partial charge >= 0.3 is 0 Å². The molecule has 2 amide bonds. The van der Waals surface area contributed by atoms with E-state index < -0.39 is 11.6 Å². The second-order valence-electron chi connectivity index (χ2n) is 6.80. The maximum absolute atomic E-state index is 12.8. The van der Waals surface area contributed by atoms with E-state index in [0.29, 0.717) is 12.8 Å². The fourth-order valence-electron chi connectivity index (χ4n) is 3.56. The van der Waals surface area contributed by atoms with Crippen LogP contribution < -0.4 is 16.0 Å². The topological polar surface area (TPSA) is 90.5 Å². The molecule has 2 fully saturated rings. The normalized spacial score (nSPS) is 32.0. The summed E-state index contributed by atoms with van der Waals surface area (Å²) in [6.45, 7) is 5.54. The molecule has 2 saturated heterocycles. The summed E-state index contributed by atoms with van der Waals surface area (Å²) in [5.41, 5.74) is -0.754. The summed E-state index contributed by atoms with van der Waals surface area (Å²) in [5, 5.41) is 18.4. The molecule has 0 bridgehead atoms. The van der Waals surface area contributed by atoms with E-state index in [-0.39, 0.29) is 42.7 Å². The average Bonchev–Trinajstić information content (AvgIpc) is 2.51. The van der Waals surface area contributed by atoms with Crippen molar-refractivity contribution < 1.29 is 14.7 Å². The Morgan fingerprint density at radius 2 is 2.13 bits per heavy atom. The predicted octanol–water partition coefficient (Wildman–Crippen LogP) is 0.580. The van der Waals surface area contributed by atoms with Crippen LogP contribution >= 0.6 is 12.4 Å². The van der Waals surface area contributed by atoms with Crippen LogP contribution in [-0.4, -0.2) is 48.2 Å². The van der Waals surface area contributed by atoms with Crippen LogP contribution in [0.15, 0.2) is 0 Å². The van der Waals surface area contributed by atoms with Crippen molar-refractivity contribution >= 4 is 24.2 Å². The van der Waals surface area contributed by atoms with Gasteiger partial charge in [-0.3, -0.25) is 9.59 Å². The maximum Gasteiger partial charge on any atom is 0.246 e. The third kappa shape index (κ3) is 4.37. The molecule has 2 heterocycles. The molecule has 23 heavy (non-hydrogen) atoms. The van der Waals surface area contributed by atoms with Gasteiger partial charge in [-0.05, 0) is 31.7 Å². The Kier molecular flexibility index (Phi) is 7.77. The summed E-state index contributed by atoms with van der Waals surface area (Å²) in [6.07, 6.45) is 4.19. The first-order valence-electron chi connectivity index (χ1n) is 8.48. The Morgan fingerprint density at radius 1 is 1.39 bits per heavy atom. The Balaban J connectivity index is 0.00000264. The van der Waals surface area contributed by atoms with Crippen LogP contribution in [0.4, 0.5) is 0 Å². The fraction of sp³-hybridized carbons (Fsp3) is 0.875. The van der Waals surface area contributed by atoms with Crippen molar-refractivity contribution in [3.05, 3.63) is 0 Å². The van der Waals surface area contributed by atoms with E-state index >= 15 is 0 Å². The minimum atomic E-state index is -0.754. The van der Waals surface area contributed by atoms with Crippen LogP contribution in [0.1, 0.15) is 46.0 Å². The highest BCUT2D eigenvalue weighted by Crippen LogP contribution is 2.31.